The lowest BCUT2D eigenvalue weighted by Gasteiger charge is -2.16. The molecule has 0 bridgehead atoms. The number of alkyl halides is 3. The number of aryl methyl sites for hydroxylation is 2. The molecule has 0 saturated heterocycles. The van der Waals surface area contributed by atoms with Gasteiger partial charge in [0.05, 0.1) is 7.11 Å². The van der Waals surface area contributed by atoms with Gasteiger partial charge in [-0.25, -0.2) is 0 Å². The van der Waals surface area contributed by atoms with Crippen molar-refractivity contribution in [2.75, 3.05) is 7.11 Å². The van der Waals surface area contributed by atoms with E-state index in [2.05, 4.69) is 4.74 Å². The number of hydrogen-bond acceptors (Lipinski definition) is 2. The third kappa shape index (κ3) is 3.68. The van der Waals surface area contributed by atoms with Gasteiger partial charge in [0.1, 0.15) is 11.5 Å². The Hall–Kier alpha value is -2.17. The highest BCUT2D eigenvalue weighted by molar-refractivity contribution is 5.76. The Kier molecular flexibility index (Phi) is 4.11. The summed E-state index contributed by atoms with van der Waals surface area (Å²) in [6.45, 7) is 3.59. The van der Waals surface area contributed by atoms with Gasteiger partial charge >= 0.3 is 6.36 Å². The molecule has 0 saturated carbocycles. The molecule has 112 valence electrons. The summed E-state index contributed by atoms with van der Waals surface area (Å²) >= 11 is 0. The summed E-state index contributed by atoms with van der Waals surface area (Å²) in [5, 5.41) is 0. The summed E-state index contributed by atoms with van der Waals surface area (Å²) in [4.78, 5) is 0. The van der Waals surface area contributed by atoms with Crippen molar-refractivity contribution in [3.8, 4) is 22.6 Å². The Morgan fingerprint density at radius 2 is 1.29 bits per heavy atom. The lowest BCUT2D eigenvalue weighted by molar-refractivity contribution is -0.274. The fraction of sp³-hybridized carbons (Fsp3) is 0.250. The van der Waals surface area contributed by atoms with Crippen molar-refractivity contribution in [3.63, 3.8) is 0 Å². The predicted molar refractivity (Wildman–Crippen MR) is 74.6 cm³/mol. The minimum Gasteiger partial charge on any atom is -0.496 e. The van der Waals surface area contributed by atoms with Crippen LogP contribution in [0.5, 0.6) is 11.5 Å². The first-order chi connectivity index (χ1) is 9.80. The monoisotopic (exact) mass is 296 g/mol. The molecule has 0 spiro atoms. The molecule has 2 nitrogen and oxygen atoms in total. The first kappa shape index (κ1) is 15.2. The average molecular weight is 296 g/mol. The van der Waals surface area contributed by atoms with Crippen molar-refractivity contribution in [1.29, 1.82) is 0 Å². The van der Waals surface area contributed by atoms with E-state index in [9.17, 15) is 13.2 Å². The molecule has 5 heteroatoms. The van der Waals surface area contributed by atoms with Crippen molar-refractivity contribution in [2.45, 2.75) is 20.2 Å². The normalized spacial score (nSPS) is 11.3. The molecule has 0 fully saturated rings. The molecule has 0 aliphatic rings. The molecule has 0 atom stereocenters. The van der Waals surface area contributed by atoms with E-state index in [1.54, 1.807) is 31.2 Å². The van der Waals surface area contributed by atoms with Gasteiger partial charge in [-0.05, 0) is 37.1 Å². The van der Waals surface area contributed by atoms with Gasteiger partial charge in [0, 0.05) is 11.1 Å². The number of ether oxygens (including phenoxy) is 2. The second-order valence-corrected chi connectivity index (χ2v) is 4.75. The Balaban J connectivity index is 2.58. The molecule has 0 amide bonds. The van der Waals surface area contributed by atoms with E-state index in [4.69, 9.17) is 4.74 Å². The topological polar surface area (TPSA) is 18.5 Å². The van der Waals surface area contributed by atoms with Gasteiger partial charge in [-0.3, -0.25) is 0 Å². The third-order valence-electron chi connectivity index (χ3n) is 3.01. The van der Waals surface area contributed by atoms with E-state index < -0.39 is 6.36 Å². The molecule has 21 heavy (non-hydrogen) atoms. The van der Waals surface area contributed by atoms with E-state index in [0.29, 0.717) is 22.4 Å². The van der Waals surface area contributed by atoms with Crippen LogP contribution in [0.25, 0.3) is 11.1 Å². The quantitative estimate of drug-likeness (QED) is 0.804. The van der Waals surface area contributed by atoms with Crippen LogP contribution in [-0.2, 0) is 0 Å². The van der Waals surface area contributed by atoms with Crippen LogP contribution in [-0.4, -0.2) is 13.5 Å². The van der Waals surface area contributed by atoms with E-state index in [1.807, 2.05) is 13.0 Å². The van der Waals surface area contributed by atoms with Crippen LogP contribution in [0.3, 0.4) is 0 Å². The summed E-state index contributed by atoms with van der Waals surface area (Å²) in [5.74, 6) is 0.274. The third-order valence-corrected chi connectivity index (χ3v) is 3.01. The first-order valence-electron chi connectivity index (χ1n) is 6.31. The van der Waals surface area contributed by atoms with Crippen LogP contribution < -0.4 is 9.47 Å². The fourth-order valence-electron chi connectivity index (χ4n) is 2.08. The number of halogens is 3. The lowest BCUT2D eigenvalue weighted by atomic mass is 10.0. The Labute approximate surface area is 121 Å². The lowest BCUT2D eigenvalue weighted by Crippen LogP contribution is -2.17. The SMILES string of the molecule is COc1cc(C)ccc1-c1ccc(C)cc1OC(F)(F)F. The summed E-state index contributed by atoms with van der Waals surface area (Å²) in [7, 11) is 1.48. The van der Waals surface area contributed by atoms with E-state index in [-0.39, 0.29) is 5.75 Å². The number of methoxy groups -OCH3 is 1. The number of benzene rings is 2. The zero-order chi connectivity index (χ0) is 15.6. The average Bonchev–Trinajstić information content (AvgIpc) is 2.37. The first-order valence-corrected chi connectivity index (χ1v) is 6.31. The van der Waals surface area contributed by atoms with Crippen molar-refractivity contribution in [2.24, 2.45) is 0 Å². The molecule has 0 aromatic heterocycles. The zero-order valence-corrected chi connectivity index (χ0v) is 11.9. The smallest absolute Gasteiger partial charge is 0.496 e. The number of rotatable bonds is 3. The van der Waals surface area contributed by atoms with Gasteiger partial charge in [-0.15, -0.1) is 13.2 Å². The molecule has 2 rings (SSSR count). The van der Waals surface area contributed by atoms with Gasteiger partial charge in [-0.2, -0.15) is 0 Å². The van der Waals surface area contributed by atoms with Crippen LogP contribution in [0, 0.1) is 13.8 Å². The van der Waals surface area contributed by atoms with Gasteiger partial charge < -0.3 is 9.47 Å². The maximum atomic E-state index is 12.6. The van der Waals surface area contributed by atoms with Crippen molar-refractivity contribution in [3.05, 3.63) is 47.5 Å². The van der Waals surface area contributed by atoms with Crippen LogP contribution in [0.1, 0.15) is 11.1 Å². The van der Waals surface area contributed by atoms with E-state index >= 15 is 0 Å². The van der Waals surface area contributed by atoms with Crippen LogP contribution in [0.4, 0.5) is 13.2 Å². The minimum atomic E-state index is -4.74. The molecule has 0 radical (unpaired) electrons. The molecule has 0 heterocycles. The summed E-state index contributed by atoms with van der Waals surface area (Å²) in [5.41, 5.74) is 2.54. The van der Waals surface area contributed by atoms with Crippen molar-refractivity contribution in [1.82, 2.24) is 0 Å². The van der Waals surface area contributed by atoms with Gasteiger partial charge in [-0.1, -0.05) is 24.3 Å². The zero-order valence-electron chi connectivity index (χ0n) is 11.9. The summed E-state index contributed by atoms with van der Waals surface area (Å²) in [6.07, 6.45) is -4.74. The Bertz CT molecular complexity index is 648. The molecule has 0 N–H and O–H groups in total. The minimum absolute atomic E-state index is 0.232. The van der Waals surface area contributed by atoms with Gasteiger partial charge in [0.25, 0.3) is 0 Å². The van der Waals surface area contributed by atoms with E-state index in [1.165, 1.54) is 13.2 Å². The van der Waals surface area contributed by atoms with Crippen LogP contribution >= 0.6 is 0 Å². The molecule has 0 unspecified atom stereocenters. The largest absolute Gasteiger partial charge is 0.573 e. The Morgan fingerprint density at radius 1 is 0.810 bits per heavy atom. The summed E-state index contributed by atoms with van der Waals surface area (Å²) < 4.78 is 47.1. The highest BCUT2D eigenvalue weighted by Gasteiger charge is 2.32. The predicted octanol–water partition coefficient (Wildman–Crippen LogP) is 4.88. The second-order valence-electron chi connectivity index (χ2n) is 4.75. The molecule has 0 aliphatic carbocycles. The molecule has 0 aliphatic heterocycles. The molecular weight excluding hydrogens is 281 g/mol. The maximum absolute atomic E-state index is 12.6. The van der Waals surface area contributed by atoms with Crippen molar-refractivity contribution >= 4 is 0 Å². The van der Waals surface area contributed by atoms with Gasteiger partial charge in [0.15, 0.2) is 0 Å². The van der Waals surface area contributed by atoms with Crippen LogP contribution in [0.15, 0.2) is 36.4 Å². The number of hydrogen-bond donors (Lipinski definition) is 0. The van der Waals surface area contributed by atoms with Crippen molar-refractivity contribution < 1.29 is 22.6 Å². The second kappa shape index (κ2) is 5.68. The highest BCUT2D eigenvalue weighted by atomic mass is 19.4. The van der Waals surface area contributed by atoms with Crippen LogP contribution in [0.2, 0.25) is 0 Å². The Morgan fingerprint density at radius 3 is 1.76 bits per heavy atom. The van der Waals surface area contributed by atoms with Gasteiger partial charge in [0.2, 0.25) is 0 Å². The fourth-order valence-corrected chi connectivity index (χ4v) is 2.08. The molecule has 2 aromatic carbocycles. The maximum Gasteiger partial charge on any atom is 0.573 e. The highest BCUT2D eigenvalue weighted by Crippen LogP contribution is 2.39. The summed E-state index contributed by atoms with van der Waals surface area (Å²) in [6, 6.07) is 10.0. The molecule has 2 aromatic rings. The van der Waals surface area contributed by atoms with E-state index in [0.717, 1.165) is 5.56 Å². The standard InChI is InChI=1S/C16H15F3O2/c1-10-4-6-12(14(8-10)20-3)13-7-5-11(2)9-15(13)21-16(17,18)19/h4-9H,1-3H3. The molecular formula is C16H15F3O2.